The lowest BCUT2D eigenvalue weighted by Crippen LogP contribution is -2.16. The first-order valence-corrected chi connectivity index (χ1v) is 9.34. The standard InChI is InChI=1S/C25H23NO2/c1-16-9-11-18(12-10-16)20-14-25(27)26(3)23-15-24(28-4)22(13-21(20)23)19-8-6-5-7-17(19)2/h5-15H,1-4H3. The van der Waals surface area contributed by atoms with Gasteiger partial charge < -0.3 is 9.30 Å². The fraction of sp³-hybridized carbons (Fsp3) is 0.160. The van der Waals surface area contributed by atoms with Crippen molar-refractivity contribution in [2.45, 2.75) is 13.8 Å². The van der Waals surface area contributed by atoms with Crippen LogP contribution in [0.5, 0.6) is 5.75 Å². The number of aromatic nitrogens is 1. The van der Waals surface area contributed by atoms with Gasteiger partial charge >= 0.3 is 0 Å². The van der Waals surface area contributed by atoms with E-state index in [1.54, 1.807) is 24.8 Å². The van der Waals surface area contributed by atoms with Crippen LogP contribution in [0.3, 0.4) is 0 Å². The molecule has 0 spiro atoms. The highest BCUT2D eigenvalue weighted by molar-refractivity contribution is 5.99. The molecule has 1 aromatic heterocycles. The normalized spacial score (nSPS) is 11.0. The fourth-order valence-electron chi connectivity index (χ4n) is 3.71. The molecule has 0 radical (unpaired) electrons. The Morgan fingerprint density at radius 3 is 2.21 bits per heavy atom. The van der Waals surface area contributed by atoms with Crippen molar-refractivity contribution in [1.29, 1.82) is 0 Å². The number of nitrogens with zero attached hydrogens (tertiary/aromatic N) is 1. The van der Waals surface area contributed by atoms with Crippen LogP contribution < -0.4 is 10.3 Å². The molecule has 0 atom stereocenters. The van der Waals surface area contributed by atoms with Crippen LogP contribution in [0.25, 0.3) is 33.2 Å². The molecule has 0 aliphatic carbocycles. The third-order valence-corrected chi connectivity index (χ3v) is 5.37. The molecule has 0 amide bonds. The Labute approximate surface area is 164 Å². The third kappa shape index (κ3) is 2.99. The molecule has 4 rings (SSSR count). The van der Waals surface area contributed by atoms with Gasteiger partial charge in [-0.3, -0.25) is 4.79 Å². The molecular formula is C25H23NO2. The summed E-state index contributed by atoms with van der Waals surface area (Å²) >= 11 is 0. The summed E-state index contributed by atoms with van der Waals surface area (Å²) in [6.45, 7) is 4.16. The van der Waals surface area contributed by atoms with Crippen LogP contribution in [0.15, 0.2) is 71.5 Å². The number of hydrogen-bond donors (Lipinski definition) is 0. The summed E-state index contributed by atoms with van der Waals surface area (Å²) in [5.74, 6) is 0.762. The van der Waals surface area contributed by atoms with Gasteiger partial charge in [0.25, 0.3) is 5.56 Å². The van der Waals surface area contributed by atoms with Gasteiger partial charge in [0.2, 0.25) is 0 Å². The van der Waals surface area contributed by atoms with Crippen LogP contribution in [0.4, 0.5) is 0 Å². The molecule has 140 valence electrons. The number of aryl methyl sites for hydroxylation is 3. The molecule has 3 aromatic carbocycles. The molecule has 0 bridgehead atoms. The van der Waals surface area contributed by atoms with Crippen LogP contribution >= 0.6 is 0 Å². The van der Waals surface area contributed by atoms with E-state index in [2.05, 4.69) is 56.3 Å². The SMILES string of the molecule is COc1cc2c(cc1-c1ccccc1C)c(-c1ccc(C)cc1)cc(=O)n2C. The fourth-order valence-corrected chi connectivity index (χ4v) is 3.71. The molecule has 0 saturated heterocycles. The first-order valence-electron chi connectivity index (χ1n) is 9.34. The molecule has 28 heavy (non-hydrogen) atoms. The van der Waals surface area contributed by atoms with E-state index in [0.717, 1.165) is 38.9 Å². The summed E-state index contributed by atoms with van der Waals surface area (Å²) in [4.78, 5) is 12.6. The maximum atomic E-state index is 12.6. The summed E-state index contributed by atoms with van der Waals surface area (Å²) < 4.78 is 7.38. The highest BCUT2D eigenvalue weighted by atomic mass is 16.5. The largest absolute Gasteiger partial charge is 0.496 e. The van der Waals surface area contributed by atoms with Crippen LogP contribution in [0.1, 0.15) is 11.1 Å². The molecule has 4 aromatic rings. The van der Waals surface area contributed by atoms with E-state index in [4.69, 9.17) is 4.74 Å². The first kappa shape index (κ1) is 18.1. The third-order valence-electron chi connectivity index (χ3n) is 5.37. The van der Waals surface area contributed by atoms with E-state index in [1.807, 2.05) is 18.2 Å². The van der Waals surface area contributed by atoms with E-state index in [-0.39, 0.29) is 5.56 Å². The Balaban J connectivity index is 2.10. The Kier molecular flexibility index (Phi) is 4.52. The van der Waals surface area contributed by atoms with Crippen molar-refractivity contribution in [3.05, 3.63) is 88.2 Å². The lowest BCUT2D eigenvalue weighted by atomic mass is 9.94. The molecule has 1 heterocycles. The number of methoxy groups -OCH3 is 1. The highest BCUT2D eigenvalue weighted by Gasteiger charge is 2.15. The van der Waals surface area contributed by atoms with E-state index < -0.39 is 0 Å². The predicted octanol–water partition coefficient (Wildman–Crippen LogP) is 5.50. The van der Waals surface area contributed by atoms with Gasteiger partial charge in [-0.2, -0.15) is 0 Å². The summed E-state index contributed by atoms with van der Waals surface area (Å²) in [5.41, 5.74) is 7.34. The van der Waals surface area contributed by atoms with E-state index in [0.29, 0.717) is 0 Å². The number of hydrogen-bond acceptors (Lipinski definition) is 2. The van der Waals surface area contributed by atoms with Gasteiger partial charge in [-0.1, -0.05) is 54.1 Å². The van der Waals surface area contributed by atoms with Crippen molar-refractivity contribution < 1.29 is 4.74 Å². The number of ether oxygens (including phenoxy) is 1. The average Bonchev–Trinajstić information content (AvgIpc) is 2.71. The minimum Gasteiger partial charge on any atom is -0.496 e. The number of rotatable bonds is 3. The minimum absolute atomic E-state index is 0.0335. The molecular weight excluding hydrogens is 346 g/mol. The van der Waals surface area contributed by atoms with Gasteiger partial charge in [0.05, 0.1) is 12.6 Å². The van der Waals surface area contributed by atoms with E-state index >= 15 is 0 Å². The minimum atomic E-state index is -0.0335. The predicted molar refractivity (Wildman–Crippen MR) is 116 cm³/mol. The zero-order chi connectivity index (χ0) is 19.8. The summed E-state index contributed by atoms with van der Waals surface area (Å²) in [7, 11) is 3.47. The second-order valence-electron chi connectivity index (χ2n) is 7.21. The smallest absolute Gasteiger partial charge is 0.251 e. The summed E-state index contributed by atoms with van der Waals surface area (Å²) in [5, 5.41) is 1.03. The molecule has 0 unspecified atom stereocenters. The second kappa shape index (κ2) is 7.01. The van der Waals surface area contributed by atoms with Crippen LogP contribution in [-0.4, -0.2) is 11.7 Å². The van der Waals surface area contributed by atoms with Gasteiger partial charge in [0, 0.05) is 30.1 Å². The van der Waals surface area contributed by atoms with Crippen molar-refractivity contribution in [3.63, 3.8) is 0 Å². The highest BCUT2D eigenvalue weighted by Crippen LogP contribution is 2.38. The van der Waals surface area contributed by atoms with Crippen LogP contribution in [0, 0.1) is 13.8 Å². The van der Waals surface area contributed by atoms with Crippen molar-refractivity contribution in [1.82, 2.24) is 4.57 Å². The lowest BCUT2D eigenvalue weighted by Gasteiger charge is -2.16. The van der Waals surface area contributed by atoms with E-state index in [9.17, 15) is 4.79 Å². The number of benzene rings is 3. The topological polar surface area (TPSA) is 31.2 Å². The molecule has 0 saturated carbocycles. The monoisotopic (exact) mass is 369 g/mol. The maximum Gasteiger partial charge on any atom is 0.251 e. The Bertz CT molecular complexity index is 1230. The van der Waals surface area contributed by atoms with Crippen molar-refractivity contribution >= 4 is 10.9 Å². The second-order valence-corrected chi connectivity index (χ2v) is 7.21. The number of pyridine rings is 1. The average molecular weight is 369 g/mol. The summed E-state index contributed by atoms with van der Waals surface area (Å²) in [6, 6.07) is 22.4. The molecule has 0 N–H and O–H groups in total. The lowest BCUT2D eigenvalue weighted by molar-refractivity contribution is 0.417. The molecule has 0 aliphatic rings. The molecule has 3 nitrogen and oxygen atoms in total. The quantitative estimate of drug-likeness (QED) is 0.478. The van der Waals surface area contributed by atoms with Gasteiger partial charge in [-0.15, -0.1) is 0 Å². The Morgan fingerprint density at radius 2 is 1.54 bits per heavy atom. The molecule has 0 aliphatic heterocycles. The van der Waals surface area contributed by atoms with Gasteiger partial charge in [0.1, 0.15) is 5.75 Å². The van der Waals surface area contributed by atoms with Crippen LogP contribution in [0.2, 0.25) is 0 Å². The van der Waals surface area contributed by atoms with Gasteiger partial charge in [-0.05, 0) is 42.2 Å². The number of fused-ring (bicyclic) bond motifs is 1. The van der Waals surface area contributed by atoms with Gasteiger partial charge in [0.15, 0.2) is 0 Å². The molecule has 0 fully saturated rings. The maximum absolute atomic E-state index is 12.6. The van der Waals surface area contributed by atoms with Crippen molar-refractivity contribution in [2.24, 2.45) is 7.05 Å². The zero-order valence-electron chi connectivity index (χ0n) is 16.6. The van der Waals surface area contributed by atoms with Crippen molar-refractivity contribution in [2.75, 3.05) is 7.11 Å². The van der Waals surface area contributed by atoms with Crippen LogP contribution in [-0.2, 0) is 7.05 Å². The van der Waals surface area contributed by atoms with E-state index in [1.165, 1.54) is 11.1 Å². The van der Waals surface area contributed by atoms with Gasteiger partial charge in [-0.25, -0.2) is 0 Å². The summed E-state index contributed by atoms with van der Waals surface area (Å²) in [6.07, 6.45) is 0. The molecule has 3 heteroatoms. The Morgan fingerprint density at radius 1 is 0.821 bits per heavy atom. The first-order chi connectivity index (χ1) is 13.5. The zero-order valence-corrected chi connectivity index (χ0v) is 16.6. The Hall–Kier alpha value is -3.33. The van der Waals surface area contributed by atoms with Crippen molar-refractivity contribution in [3.8, 4) is 28.0 Å².